The highest BCUT2D eigenvalue weighted by molar-refractivity contribution is 7.93. The highest BCUT2D eigenvalue weighted by Gasteiger charge is 2.30. The molecule has 0 unspecified atom stereocenters. The first-order valence-corrected chi connectivity index (χ1v) is 11.6. The molecule has 8 nitrogen and oxygen atoms in total. The summed E-state index contributed by atoms with van der Waals surface area (Å²) in [6, 6.07) is 9.93. The van der Waals surface area contributed by atoms with Crippen molar-refractivity contribution in [3.8, 4) is 0 Å². The number of sulfonamides is 1. The monoisotopic (exact) mass is 447 g/mol. The van der Waals surface area contributed by atoms with Crippen LogP contribution in [0.25, 0.3) is 10.8 Å². The molecule has 0 bridgehead atoms. The van der Waals surface area contributed by atoms with E-state index < -0.39 is 10.0 Å². The van der Waals surface area contributed by atoms with Crippen molar-refractivity contribution in [1.29, 1.82) is 0 Å². The Hall–Kier alpha value is -2.78. The van der Waals surface area contributed by atoms with Crippen molar-refractivity contribution in [2.45, 2.75) is 37.8 Å². The average molecular weight is 448 g/mol. The lowest BCUT2D eigenvalue weighted by atomic mass is 10.1. The zero-order chi connectivity index (χ0) is 21.3. The molecular formula is C20H22ClN5O3S. The molecule has 0 spiro atoms. The number of nitrogens with one attached hydrogen (secondary N) is 3. The van der Waals surface area contributed by atoms with Gasteiger partial charge in [-0.1, -0.05) is 49.2 Å². The summed E-state index contributed by atoms with van der Waals surface area (Å²) >= 11 is 6.21. The van der Waals surface area contributed by atoms with Gasteiger partial charge in [0, 0.05) is 27.9 Å². The number of hydrogen-bond donors (Lipinski definition) is 3. The zero-order valence-electron chi connectivity index (χ0n) is 16.4. The van der Waals surface area contributed by atoms with Crippen LogP contribution >= 0.6 is 11.6 Å². The summed E-state index contributed by atoms with van der Waals surface area (Å²) in [7, 11) is -3.91. The standard InChI is InChI=1S/C20H22ClN5O3S/c1-2-3-10-22-20(27)26-11-15-17(12-26)23-24-19(15)25-30(28,29)18-9-5-6-13-14(18)7-4-8-16(13)21/h4-9H,2-3,10-12H2,1H3,(H,22,27)(H2,23,24,25). The molecule has 4 rings (SSSR count). The largest absolute Gasteiger partial charge is 0.338 e. The van der Waals surface area contributed by atoms with E-state index in [2.05, 4.69) is 27.2 Å². The maximum Gasteiger partial charge on any atom is 0.318 e. The molecule has 10 heteroatoms. The molecule has 0 radical (unpaired) electrons. The summed E-state index contributed by atoms with van der Waals surface area (Å²) in [5.74, 6) is 0.202. The van der Waals surface area contributed by atoms with Crippen molar-refractivity contribution in [2.24, 2.45) is 0 Å². The number of amides is 2. The average Bonchev–Trinajstić information content (AvgIpc) is 3.30. The van der Waals surface area contributed by atoms with Crippen LogP contribution in [-0.2, 0) is 23.1 Å². The van der Waals surface area contributed by atoms with Gasteiger partial charge in [0.25, 0.3) is 10.0 Å². The number of unbranched alkanes of at least 4 members (excludes halogenated alkanes) is 1. The number of fused-ring (bicyclic) bond motifs is 2. The highest BCUT2D eigenvalue weighted by atomic mass is 35.5. The van der Waals surface area contributed by atoms with E-state index >= 15 is 0 Å². The first-order valence-electron chi connectivity index (χ1n) is 9.69. The molecule has 1 aliphatic heterocycles. The SMILES string of the molecule is CCCCNC(=O)N1Cc2[nH]nc(NS(=O)(=O)c3cccc4c(Cl)cccc34)c2C1. The van der Waals surface area contributed by atoms with Gasteiger partial charge in [0.1, 0.15) is 0 Å². The predicted octanol–water partition coefficient (Wildman–Crippen LogP) is 3.84. The van der Waals surface area contributed by atoms with Crippen LogP contribution in [0, 0.1) is 0 Å². The molecule has 3 N–H and O–H groups in total. The molecule has 0 atom stereocenters. The minimum Gasteiger partial charge on any atom is -0.338 e. The minimum absolute atomic E-state index is 0.117. The van der Waals surface area contributed by atoms with Crippen molar-refractivity contribution < 1.29 is 13.2 Å². The maximum absolute atomic E-state index is 13.1. The number of urea groups is 1. The van der Waals surface area contributed by atoms with Gasteiger partial charge in [0.2, 0.25) is 0 Å². The summed E-state index contributed by atoms with van der Waals surface area (Å²) in [6.45, 7) is 3.30. The second-order valence-corrected chi connectivity index (χ2v) is 9.23. The van der Waals surface area contributed by atoms with Crippen LogP contribution in [0.15, 0.2) is 41.3 Å². The third-order valence-electron chi connectivity index (χ3n) is 5.09. The summed E-state index contributed by atoms with van der Waals surface area (Å²) in [4.78, 5) is 14.0. The van der Waals surface area contributed by atoms with Crippen LogP contribution in [0.5, 0.6) is 0 Å². The Balaban J connectivity index is 1.56. The Kier molecular flexibility index (Phi) is 5.57. The fourth-order valence-corrected chi connectivity index (χ4v) is 5.01. The predicted molar refractivity (Wildman–Crippen MR) is 116 cm³/mol. The smallest absolute Gasteiger partial charge is 0.318 e. The summed E-state index contributed by atoms with van der Waals surface area (Å²) in [5.41, 5.74) is 1.39. The van der Waals surface area contributed by atoms with Crippen molar-refractivity contribution in [3.63, 3.8) is 0 Å². The van der Waals surface area contributed by atoms with Gasteiger partial charge in [-0.3, -0.25) is 9.82 Å². The van der Waals surface area contributed by atoms with Gasteiger partial charge in [-0.05, 0) is 18.6 Å². The first kappa shape index (κ1) is 20.5. The molecule has 1 aliphatic rings. The number of H-pyrrole nitrogens is 1. The minimum atomic E-state index is -3.91. The van der Waals surface area contributed by atoms with Gasteiger partial charge < -0.3 is 10.2 Å². The number of benzene rings is 2. The van der Waals surface area contributed by atoms with Gasteiger partial charge in [0.05, 0.1) is 23.7 Å². The van der Waals surface area contributed by atoms with E-state index in [0.717, 1.165) is 18.5 Å². The summed E-state index contributed by atoms with van der Waals surface area (Å²) < 4.78 is 28.8. The zero-order valence-corrected chi connectivity index (χ0v) is 18.0. The molecule has 158 valence electrons. The van der Waals surface area contributed by atoms with E-state index in [4.69, 9.17) is 11.6 Å². The highest BCUT2D eigenvalue weighted by Crippen LogP contribution is 2.32. The van der Waals surface area contributed by atoms with Crippen molar-refractivity contribution in [1.82, 2.24) is 20.4 Å². The molecule has 2 aromatic carbocycles. The molecule has 3 aromatic rings. The maximum atomic E-state index is 13.1. The number of aromatic amines is 1. The Morgan fingerprint density at radius 1 is 1.20 bits per heavy atom. The quantitative estimate of drug-likeness (QED) is 0.499. The number of anilines is 1. The second-order valence-electron chi connectivity index (χ2n) is 7.17. The number of halogens is 1. The molecular weight excluding hydrogens is 426 g/mol. The fraction of sp³-hybridized carbons (Fsp3) is 0.300. The Morgan fingerprint density at radius 3 is 2.77 bits per heavy atom. The second kappa shape index (κ2) is 8.16. The van der Waals surface area contributed by atoms with Gasteiger partial charge in [-0.25, -0.2) is 13.2 Å². The Morgan fingerprint density at radius 2 is 1.97 bits per heavy atom. The van der Waals surface area contributed by atoms with Crippen LogP contribution in [0.3, 0.4) is 0 Å². The van der Waals surface area contributed by atoms with E-state index in [1.807, 2.05) is 0 Å². The molecule has 30 heavy (non-hydrogen) atoms. The molecule has 2 heterocycles. The van der Waals surface area contributed by atoms with Gasteiger partial charge in [-0.15, -0.1) is 0 Å². The lowest BCUT2D eigenvalue weighted by Crippen LogP contribution is -2.37. The van der Waals surface area contributed by atoms with Gasteiger partial charge in [0.15, 0.2) is 5.82 Å². The van der Waals surface area contributed by atoms with E-state index in [1.165, 1.54) is 6.07 Å². The van der Waals surface area contributed by atoms with E-state index in [0.29, 0.717) is 34.4 Å². The fourth-order valence-electron chi connectivity index (χ4n) is 3.51. The third kappa shape index (κ3) is 3.82. The van der Waals surface area contributed by atoms with Crippen LogP contribution in [-0.4, -0.2) is 36.1 Å². The number of rotatable bonds is 6. The third-order valence-corrected chi connectivity index (χ3v) is 6.82. The number of nitrogens with zero attached hydrogens (tertiary/aromatic N) is 2. The van der Waals surface area contributed by atoms with E-state index in [1.54, 1.807) is 35.2 Å². The number of hydrogen-bond acceptors (Lipinski definition) is 4. The Bertz CT molecular complexity index is 1210. The topological polar surface area (TPSA) is 107 Å². The molecule has 0 saturated carbocycles. The molecule has 2 amide bonds. The van der Waals surface area contributed by atoms with Crippen molar-refractivity contribution >= 4 is 44.2 Å². The number of aromatic nitrogens is 2. The molecule has 0 saturated heterocycles. The van der Waals surface area contributed by atoms with Crippen LogP contribution in [0.4, 0.5) is 10.6 Å². The van der Waals surface area contributed by atoms with E-state index in [-0.39, 0.29) is 23.3 Å². The molecule has 1 aromatic heterocycles. The van der Waals surface area contributed by atoms with Crippen molar-refractivity contribution in [3.05, 3.63) is 52.7 Å². The molecule has 0 aliphatic carbocycles. The van der Waals surface area contributed by atoms with Crippen LogP contribution in [0.2, 0.25) is 5.02 Å². The normalized spacial score (nSPS) is 13.5. The number of carbonyl (C=O) groups is 1. The lowest BCUT2D eigenvalue weighted by Gasteiger charge is -2.16. The number of carbonyl (C=O) groups excluding carboxylic acids is 1. The van der Waals surface area contributed by atoms with Crippen molar-refractivity contribution in [2.75, 3.05) is 11.3 Å². The van der Waals surface area contributed by atoms with Gasteiger partial charge in [-0.2, -0.15) is 5.10 Å². The first-order chi connectivity index (χ1) is 14.4. The molecule has 0 fully saturated rings. The van der Waals surface area contributed by atoms with Gasteiger partial charge >= 0.3 is 6.03 Å². The van der Waals surface area contributed by atoms with Crippen LogP contribution < -0.4 is 10.0 Å². The summed E-state index contributed by atoms with van der Waals surface area (Å²) in [6.07, 6.45) is 1.90. The lowest BCUT2D eigenvalue weighted by molar-refractivity contribution is 0.198. The van der Waals surface area contributed by atoms with Crippen LogP contribution in [0.1, 0.15) is 31.0 Å². The van der Waals surface area contributed by atoms with E-state index in [9.17, 15) is 13.2 Å². The summed E-state index contributed by atoms with van der Waals surface area (Å²) in [5, 5.41) is 11.5. The Labute approximate surface area is 179 Å².